The molecule has 1 fully saturated rings. The van der Waals surface area contributed by atoms with Gasteiger partial charge < -0.3 is 34.4 Å². The van der Waals surface area contributed by atoms with E-state index in [1.807, 2.05) is 42.0 Å². The van der Waals surface area contributed by atoms with Gasteiger partial charge in [-0.3, -0.25) is 0 Å². The number of fused-ring (bicyclic) bond motifs is 2. The number of ether oxygens (including phenoxy) is 4. The summed E-state index contributed by atoms with van der Waals surface area (Å²) in [6.07, 6.45) is 1.54. The Morgan fingerprint density at radius 3 is 2.76 bits per heavy atom. The lowest BCUT2D eigenvalue weighted by molar-refractivity contribution is -0.228. The number of benzene rings is 1. The highest BCUT2D eigenvalue weighted by Gasteiger charge is 2.51. The quantitative estimate of drug-likeness (QED) is 0.523. The SMILES string of the molecule is COC1Cc2cc(Cl)ccc2C([C@H]2O[C@@H](n3ccc4c(N)ncnc43)[C@H](OC(C)(C)O)[C@@H]2C)O1. The van der Waals surface area contributed by atoms with Crippen LogP contribution in [-0.4, -0.2) is 51.0 Å². The summed E-state index contributed by atoms with van der Waals surface area (Å²) in [5.41, 5.74) is 8.74. The van der Waals surface area contributed by atoms with E-state index in [0.717, 1.165) is 16.5 Å². The van der Waals surface area contributed by atoms with Gasteiger partial charge >= 0.3 is 0 Å². The standard InChI is InChI=1S/C24H29ClN4O5/c1-12-18(20-15-6-5-14(25)9-13(15)10-17(31-4)32-20)33-23(19(12)34-24(2,3)30)29-8-7-16-21(26)27-11-28-22(16)29/h5-9,11-12,17-20,23,30H,10H2,1-4H3,(H2,26,27,28)/t12-,17?,18+,19-,20?,23-/m1/s1. The number of methoxy groups -OCH3 is 1. The Morgan fingerprint density at radius 1 is 1.24 bits per heavy atom. The van der Waals surface area contributed by atoms with Gasteiger partial charge in [-0.1, -0.05) is 24.6 Å². The lowest BCUT2D eigenvalue weighted by Gasteiger charge is -2.36. The normalized spacial score (nSPS) is 29.5. The molecule has 1 aromatic carbocycles. The van der Waals surface area contributed by atoms with E-state index in [1.165, 1.54) is 6.33 Å². The van der Waals surface area contributed by atoms with Crippen molar-refractivity contribution in [1.82, 2.24) is 14.5 Å². The molecule has 0 bridgehead atoms. The summed E-state index contributed by atoms with van der Waals surface area (Å²) in [4.78, 5) is 8.49. The maximum atomic E-state index is 10.5. The van der Waals surface area contributed by atoms with Gasteiger partial charge in [0.05, 0.1) is 11.5 Å². The number of anilines is 1. The molecule has 0 amide bonds. The summed E-state index contributed by atoms with van der Waals surface area (Å²) in [6.45, 7) is 5.24. The Kier molecular flexibility index (Phi) is 6.04. The van der Waals surface area contributed by atoms with Gasteiger partial charge in [0, 0.05) is 30.7 Å². The molecule has 0 saturated carbocycles. The number of hydrogen-bond acceptors (Lipinski definition) is 8. The smallest absolute Gasteiger partial charge is 0.162 e. The van der Waals surface area contributed by atoms with Crippen LogP contribution in [0.5, 0.6) is 0 Å². The minimum absolute atomic E-state index is 0.155. The van der Waals surface area contributed by atoms with Crippen LogP contribution in [0.25, 0.3) is 11.0 Å². The number of nitrogens with zero attached hydrogens (tertiary/aromatic N) is 3. The molecule has 3 N–H and O–H groups in total. The molecule has 10 heteroatoms. The van der Waals surface area contributed by atoms with Crippen LogP contribution < -0.4 is 5.73 Å². The van der Waals surface area contributed by atoms with Gasteiger partial charge in [-0.05, 0) is 43.2 Å². The molecule has 182 valence electrons. The van der Waals surface area contributed by atoms with Gasteiger partial charge in [-0.2, -0.15) is 0 Å². The van der Waals surface area contributed by atoms with E-state index in [2.05, 4.69) is 9.97 Å². The summed E-state index contributed by atoms with van der Waals surface area (Å²) in [5, 5.41) is 11.9. The third kappa shape index (κ3) is 4.17. The number of hydrogen-bond donors (Lipinski definition) is 2. The van der Waals surface area contributed by atoms with E-state index in [9.17, 15) is 5.11 Å². The van der Waals surface area contributed by atoms with Crippen molar-refractivity contribution in [1.29, 1.82) is 0 Å². The highest BCUT2D eigenvalue weighted by molar-refractivity contribution is 6.30. The monoisotopic (exact) mass is 488 g/mol. The third-order valence-electron chi connectivity index (χ3n) is 6.51. The molecule has 1 saturated heterocycles. The highest BCUT2D eigenvalue weighted by Crippen LogP contribution is 2.47. The predicted molar refractivity (Wildman–Crippen MR) is 126 cm³/mol. The number of halogens is 1. The zero-order chi connectivity index (χ0) is 24.2. The molecule has 2 aliphatic heterocycles. The fourth-order valence-electron chi connectivity index (χ4n) is 4.96. The van der Waals surface area contributed by atoms with Gasteiger partial charge in [-0.15, -0.1) is 0 Å². The maximum Gasteiger partial charge on any atom is 0.162 e. The zero-order valence-electron chi connectivity index (χ0n) is 19.5. The van der Waals surface area contributed by atoms with Crippen molar-refractivity contribution in [2.24, 2.45) is 5.92 Å². The van der Waals surface area contributed by atoms with Crippen molar-refractivity contribution in [2.45, 2.75) is 63.8 Å². The molecule has 2 unspecified atom stereocenters. The van der Waals surface area contributed by atoms with Crippen LogP contribution in [-0.2, 0) is 25.4 Å². The molecule has 3 aromatic rings. The van der Waals surface area contributed by atoms with Crippen LogP contribution in [0.3, 0.4) is 0 Å². The molecular formula is C24H29ClN4O5. The first kappa shape index (κ1) is 23.5. The largest absolute Gasteiger partial charge is 0.383 e. The van der Waals surface area contributed by atoms with E-state index in [0.29, 0.717) is 22.9 Å². The second-order valence-electron chi connectivity index (χ2n) is 9.37. The van der Waals surface area contributed by atoms with E-state index >= 15 is 0 Å². The number of nitrogens with two attached hydrogens (primary N) is 1. The van der Waals surface area contributed by atoms with Gasteiger partial charge in [-0.25, -0.2) is 9.97 Å². The van der Waals surface area contributed by atoms with E-state index < -0.39 is 36.6 Å². The minimum Gasteiger partial charge on any atom is -0.383 e. The average molecular weight is 489 g/mol. The van der Waals surface area contributed by atoms with Crippen molar-refractivity contribution in [3.05, 3.63) is 52.9 Å². The van der Waals surface area contributed by atoms with Crippen molar-refractivity contribution in [3.63, 3.8) is 0 Å². The first-order valence-corrected chi connectivity index (χ1v) is 11.6. The first-order valence-electron chi connectivity index (χ1n) is 11.3. The fraction of sp³-hybridized carbons (Fsp3) is 0.500. The molecule has 4 heterocycles. The number of aliphatic hydroxyl groups is 1. The maximum absolute atomic E-state index is 10.5. The minimum atomic E-state index is -1.37. The first-order chi connectivity index (χ1) is 16.2. The molecule has 2 aromatic heterocycles. The average Bonchev–Trinajstić information content (AvgIpc) is 3.34. The highest BCUT2D eigenvalue weighted by atomic mass is 35.5. The van der Waals surface area contributed by atoms with Crippen LogP contribution in [0.1, 0.15) is 44.2 Å². The molecular weight excluding hydrogens is 460 g/mol. The summed E-state index contributed by atoms with van der Waals surface area (Å²) >= 11 is 6.27. The van der Waals surface area contributed by atoms with Gasteiger partial charge in [0.25, 0.3) is 0 Å². The van der Waals surface area contributed by atoms with Crippen LogP contribution >= 0.6 is 11.6 Å². The van der Waals surface area contributed by atoms with Gasteiger partial charge in [0.1, 0.15) is 30.0 Å². The second kappa shape index (κ2) is 8.75. The van der Waals surface area contributed by atoms with Crippen molar-refractivity contribution >= 4 is 28.5 Å². The molecule has 9 nitrogen and oxygen atoms in total. The Labute approximate surface area is 202 Å². The molecule has 0 radical (unpaired) electrons. The number of rotatable bonds is 5. The van der Waals surface area contributed by atoms with Crippen LogP contribution in [0.15, 0.2) is 36.8 Å². The Hall–Kier alpha value is -2.27. The lowest BCUT2D eigenvalue weighted by atomic mass is 9.88. The van der Waals surface area contributed by atoms with Gasteiger partial charge in [0.15, 0.2) is 18.3 Å². The Balaban J connectivity index is 1.56. The molecule has 0 aliphatic carbocycles. The summed E-state index contributed by atoms with van der Waals surface area (Å²) in [6, 6.07) is 7.62. The zero-order valence-corrected chi connectivity index (χ0v) is 20.3. The molecule has 5 rings (SSSR count). The van der Waals surface area contributed by atoms with Gasteiger partial charge in [0.2, 0.25) is 0 Å². The van der Waals surface area contributed by atoms with Crippen molar-refractivity contribution < 1.29 is 24.1 Å². The van der Waals surface area contributed by atoms with Crippen molar-refractivity contribution in [3.8, 4) is 0 Å². The summed E-state index contributed by atoms with van der Waals surface area (Å²) in [5.74, 6) is -1.15. The second-order valence-corrected chi connectivity index (χ2v) is 9.80. The van der Waals surface area contributed by atoms with Crippen molar-refractivity contribution in [2.75, 3.05) is 12.8 Å². The Morgan fingerprint density at radius 2 is 2.03 bits per heavy atom. The molecule has 0 spiro atoms. The number of aromatic nitrogens is 3. The van der Waals surface area contributed by atoms with E-state index in [1.54, 1.807) is 21.0 Å². The van der Waals surface area contributed by atoms with Crippen LogP contribution in [0, 0.1) is 5.92 Å². The lowest BCUT2D eigenvalue weighted by Crippen LogP contribution is -2.39. The van der Waals surface area contributed by atoms with Crippen LogP contribution in [0.2, 0.25) is 5.02 Å². The number of nitrogen functional groups attached to an aromatic ring is 1. The topological polar surface area (TPSA) is 114 Å². The van der Waals surface area contributed by atoms with Crippen LogP contribution in [0.4, 0.5) is 5.82 Å². The van der Waals surface area contributed by atoms with E-state index in [4.69, 9.17) is 36.3 Å². The third-order valence-corrected chi connectivity index (χ3v) is 6.75. The molecule has 2 aliphatic rings. The fourth-order valence-corrected chi connectivity index (χ4v) is 5.16. The summed E-state index contributed by atoms with van der Waals surface area (Å²) < 4.78 is 26.6. The molecule has 34 heavy (non-hydrogen) atoms. The predicted octanol–water partition coefficient (Wildman–Crippen LogP) is 3.60. The van der Waals surface area contributed by atoms with E-state index in [-0.39, 0.29) is 5.92 Å². The molecule has 6 atom stereocenters. The Bertz CT molecular complexity index is 1200. The summed E-state index contributed by atoms with van der Waals surface area (Å²) in [7, 11) is 1.62.